The Hall–Kier alpha value is -2.28. The number of hydrogen-bond donors (Lipinski definition) is 0. The first-order valence-corrected chi connectivity index (χ1v) is 8.48. The smallest absolute Gasteiger partial charge is 0.265 e. The van der Waals surface area contributed by atoms with E-state index in [4.69, 9.17) is 23.2 Å². The van der Waals surface area contributed by atoms with Gasteiger partial charge in [-0.05, 0) is 18.2 Å². The van der Waals surface area contributed by atoms with Crippen molar-refractivity contribution in [2.75, 3.05) is 0 Å². The summed E-state index contributed by atoms with van der Waals surface area (Å²) in [5.41, 5.74) is 1.27. The molecule has 0 radical (unpaired) electrons. The highest BCUT2D eigenvalue weighted by Gasteiger charge is 2.16. The van der Waals surface area contributed by atoms with Crippen LogP contribution in [0.5, 0.6) is 0 Å². The highest BCUT2D eigenvalue weighted by molar-refractivity contribution is 7.19. The van der Waals surface area contributed by atoms with Crippen molar-refractivity contribution in [3.05, 3.63) is 68.9 Å². The molecule has 0 aliphatic rings. The van der Waals surface area contributed by atoms with E-state index in [9.17, 15) is 4.79 Å². The Kier molecular flexibility index (Phi) is 3.80. The second kappa shape index (κ2) is 5.98. The van der Waals surface area contributed by atoms with Crippen LogP contribution in [0.25, 0.3) is 26.8 Å². The van der Waals surface area contributed by atoms with E-state index < -0.39 is 0 Å². The molecule has 0 saturated heterocycles. The molecule has 4 rings (SSSR count). The summed E-state index contributed by atoms with van der Waals surface area (Å²) >= 11 is 13.5. The molecule has 0 unspecified atom stereocenters. The molecule has 0 saturated carbocycles. The van der Waals surface area contributed by atoms with Gasteiger partial charge in [0.05, 0.1) is 5.02 Å². The first-order chi connectivity index (χ1) is 11.6. The van der Waals surface area contributed by atoms with Crippen molar-refractivity contribution in [1.82, 2.24) is 19.8 Å². The largest absolute Gasteiger partial charge is 0.302 e. The van der Waals surface area contributed by atoms with E-state index in [1.807, 2.05) is 18.2 Å². The highest BCUT2D eigenvalue weighted by atomic mass is 35.5. The van der Waals surface area contributed by atoms with Crippen LogP contribution in [-0.4, -0.2) is 19.8 Å². The zero-order chi connectivity index (χ0) is 16.7. The van der Waals surface area contributed by atoms with E-state index in [0.717, 1.165) is 0 Å². The molecule has 0 fully saturated rings. The Morgan fingerprint density at radius 1 is 1.00 bits per heavy atom. The third-order valence-corrected chi connectivity index (χ3v) is 4.89. The van der Waals surface area contributed by atoms with Gasteiger partial charge in [0.1, 0.15) is 5.01 Å². The normalized spacial score (nSPS) is 11.1. The summed E-state index contributed by atoms with van der Waals surface area (Å²) in [5, 5.41) is 14.1. The minimum absolute atomic E-state index is 0.252. The van der Waals surface area contributed by atoms with Crippen molar-refractivity contribution >= 4 is 39.5 Å². The third-order valence-electron chi connectivity index (χ3n) is 3.40. The maximum Gasteiger partial charge on any atom is 0.302 e. The number of fused-ring (bicyclic) bond motifs is 1. The fraction of sp³-hybridized carbons (Fsp3) is 0. The van der Waals surface area contributed by atoms with Crippen LogP contribution >= 0.6 is 34.5 Å². The average molecular weight is 375 g/mol. The summed E-state index contributed by atoms with van der Waals surface area (Å²) in [6, 6.07) is 14.2. The summed E-state index contributed by atoms with van der Waals surface area (Å²) in [4.78, 5) is 13.1. The van der Waals surface area contributed by atoms with Gasteiger partial charge < -0.3 is 0 Å². The van der Waals surface area contributed by atoms with Crippen LogP contribution in [0.1, 0.15) is 0 Å². The lowest BCUT2D eigenvalue weighted by Gasteiger charge is -1.99. The van der Waals surface area contributed by atoms with E-state index in [-0.39, 0.29) is 11.3 Å². The number of hydrogen-bond acceptors (Lipinski definition) is 5. The maximum atomic E-state index is 12.7. The predicted octanol–water partition coefficient (Wildman–Crippen LogP) is 4.19. The van der Waals surface area contributed by atoms with Crippen molar-refractivity contribution < 1.29 is 0 Å². The minimum atomic E-state index is -0.327. The fourth-order valence-corrected chi connectivity index (χ4v) is 3.56. The average Bonchev–Trinajstić information content (AvgIpc) is 3.03. The molecule has 2 heterocycles. The molecule has 0 N–H and O–H groups in total. The van der Waals surface area contributed by atoms with Gasteiger partial charge in [0.15, 0.2) is 5.69 Å². The molecule has 2 aromatic heterocycles. The lowest BCUT2D eigenvalue weighted by atomic mass is 10.2. The molecule has 0 aliphatic heterocycles. The Bertz CT molecular complexity index is 1110. The van der Waals surface area contributed by atoms with Crippen molar-refractivity contribution in [3.8, 4) is 21.8 Å². The van der Waals surface area contributed by atoms with Gasteiger partial charge in [-0.2, -0.15) is 9.61 Å². The summed E-state index contributed by atoms with van der Waals surface area (Å²) in [6.45, 7) is 0. The van der Waals surface area contributed by atoms with Crippen molar-refractivity contribution in [2.45, 2.75) is 0 Å². The molecule has 8 heteroatoms. The highest BCUT2D eigenvalue weighted by Crippen LogP contribution is 2.32. The number of benzene rings is 2. The second-order valence-electron chi connectivity index (χ2n) is 4.95. The Labute approximate surface area is 150 Å². The molecule has 118 valence electrons. The summed E-state index contributed by atoms with van der Waals surface area (Å²) in [7, 11) is 0. The molecule has 0 aliphatic carbocycles. The van der Waals surface area contributed by atoms with Gasteiger partial charge in [0.25, 0.3) is 0 Å². The Morgan fingerprint density at radius 3 is 2.58 bits per heavy atom. The van der Waals surface area contributed by atoms with Crippen LogP contribution in [0.2, 0.25) is 10.0 Å². The molecule has 24 heavy (non-hydrogen) atoms. The fourth-order valence-electron chi connectivity index (χ4n) is 2.26. The molecule has 4 aromatic rings. The summed E-state index contributed by atoms with van der Waals surface area (Å²) < 4.78 is 1.24. The number of aromatic nitrogens is 4. The molecular formula is C16H8Cl2N4OS. The minimum Gasteiger partial charge on any atom is -0.265 e. The van der Waals surface area contributed by atoms with E-state index in [0.29, 0.717) is 31.1 Å². The molecule has 0 bridgehead atoms. The van der Waals surface area contributed by atoms with Crippen LogP contribution in [0, 0.1) is 0 Å². The van der Waals surface area contributed by atoms with Gasteiger partial charge in [-0.15, -0.1) is 10.2 Å². The van der Waals surface area contributed by atoms with Crippen molar-refractivity contribution in [1.29, 1.82) is 0 Å². The van der Waals surface area contributed by atoms with Gasteiger partial charge in [0, 0.05) is 16.1 Å². The van der Waals surface area contributed by atoms with E-state index in [1.54, 1.807) is 30.3 Å². The Morgan fingerprint density at radius 2 is 1.79 bits per heavy atom. The van der Waals surface area contributed by atoms with Crippen LogP contribution in [-0.2, 0) is 0 Å². The number of halogens is 2. The maximum absolute atomic E-state index is 12.7. The van der Waals surface area contributed by atoms with E-state index in [2.05, 4.69) is 15.3 Å². The molecule has 2 aromatic carbocycles. The summed E-state index contributed by atoms with van der Waals surface area (Å²) in [6.07, 6.45) is 0. The van der Waals surface area contributed by atoms with Gasteiger partial charge in [-0.1, -0.05) is 64.9 Å². The van der Waals surface area contributed by atoms with Gasteiger partial charge in [-0.3, -0.25) is 4.79 Å². The van der Waals surface area contributed by atoms with E-state index in [1.165, 1.54) is 15.9 Å². The zero-order valence-corrected chi connectivity index (χ0v) is 14.3. The van der Waals surface area contributed by atoms with Crippen molar-refractivity contribution in [2.24, 2.45) is 0 Å². The number of rotatable bonds is 2. The molecule has 0 atom stereocenters. The summed E-state index contributed by atoms with van der Waals surface area (Å²) in [5.74, 6) is 0. The number of nitrogens with zero attached hydrogens (tertiary/aromatic N) is 4. The molecule has 5 nitrogen and oxygen atoms in total. The molecule has 0 amide bonds. The quantitative estimate of drug-likeness (QED) is 0.527. The molecular weight excluding hydrogens is 367 g/mol. The monoisotopic (exact) mass is 374 g/mol. The first-order valence-electron chi connectivity index (χ1n) is 6.91. The van der Waals surface area contributed by atoms with Crippen LogP contribution in [0.3, 0.4) is 0 Å². The van der Waals surface area contributed by atoms with Gasteiger partial charge >= 0.3 is 5.56 Å². The third kappa shape index (κ3) is 2.58. The SMILES string of the molecule is O=c1c(-c2ccccc2)nnc2sc(-c3cc(Cl)ccc3Cl)nn12. The predicted molar refractivity (Wildman–Crippen MR) is 95.8 cm³/mol. The van der Waals surface area contributed by atoms with Crippen LogP contribution < -0.4 is 5.56 Å². The van der Waals surface area contributed by atoms with Crippen molar-refractivity contribution in [3.63, 3.8) is 0 Å². The van der Waals surface area contributed by atoms with Gasteiger partial charge in [-0.25, -0.2) is 0 Å². The molecule has 0 spiro atoms. The standard InChI is InChI=1S/C16H8Cl2N4OS/c17-10-6-7-12(18)11(8-10)14-21-22-15(23)13(19-20-16(22)24-14)9-4-2-1-3-5-9/h1-8H. The Balaban J connectivity index is 1.92. The van der Waals surface area contributed by atoms with E-state index >= 15 is 0 Å². The van der Waals surface area contributed by atoms with Crippen LogP contribution in [0.4, 0.5) is 0 Å². The first kappa shape index (κ1) is 15.3. The van der Waals surface area contributed by atoms with Crippen LogP contribution in [0.15, 0.2) is 53.3 Å². The van der Waals surface area contributed by atoms with Gasteiger partial charge in [0.2, 0.25) is 4.96 Å². The second-order valence-corrected chi connectivity index (χ2v) is 6.75. The zero-order valence-electron chi connectivity index (χ0n) is 12.0. The lowest BCUT2D eigenvalue weighted by molar-refractivity contribution is 0.862. The topological polar surface area (TPSA) is 60.2 Å². The lowest BCUT2D eigenvalue weighted by Crippen LogP contribution is -2.19.